The summed E-state index contributed by atoms with van der Waals surface area (Å²) >= 11 is 0. The van der Waals surface area contributed by atoms with Gasteiger partial charge in [0.25, 0.3) is 5.91 Å². The Morgan fingerprint density at radius 3 is 2.69 bits per heavy atom. The number of rotatable bonds is 4. The lowest BCUT2D eigenvalue weighted by molar-refractivity contribution is 0.0570. The molecule has 0 spiro atoms. The van der Waals surface area contributed by atoms with Crippen LogP contribution in [0.5, 0.6) is 0 Å². The molecule has 0 unspecified atom stereocenters. The molecule has 2 aromatic rings. The van der Waals surface area contributed by atoms with Crippen LogP contribution < -0.4 is 0 Å². The van der Waals surface area contributed by atoms with Gasteiger partial charge in [-0.05, 0) is 55.9 Å². The van der Waals surface area contributed by atoms with E-state index in [1.807, 2.05) is 23.1 Å². The maximum absolute atomic E-state index is 13.9. The van der Waals surface area contributed by atoms with E-state index in [-0.39, 0.29) is 35.8 Å². The first-order chi connectivity index (χ1) is 12.6. The summed E-state index contributed by atoms with van der Waals surface area (Å²) in [4.78, 5) is 15.1. The summed E-state index contributed by atoms with van der Waals surface area (Å²) in [5, 5.41) is 10.3. The van der Waals surface area contributed by atoms with Crippen LogP contribution in [0.15, 0.2) is 48.5 Å². The zero-order valence-electron chi connectivity index (χ0n) is 15.0. The van der Waals surface area contributed by atoms with Crippen molar-refractivity contribution in [3.8, 4) is 0 Å². The molecule has 0 aliphatic carbocycles. The number of carbonyl (C=O) groups is 1. The molecule has 0 aromatic heterocycles. The highest BCUT2D eigenvalue weighted by Gasteiger charge is 2.57. The number of halogens is 1. The van der Waals surface area contributed by atoms with Crippen LogP contribution in [0.3, 0.4) is 0 Å². The molecule has 2 aliphatic rings. The molecule has 0 radical (unpaired) electrons. The fourth-order valence-corrected chi connectivity index (χ4v) is 4.99. The third kappa shape index (κ3) is 2.64. The summed E-state index contributed by atoms with van der Waals surface area (Å²) in [5.74, 6) is -0.446. The maximum atomic E-state index is 13.9. The molecule has 1 amide bonds. The topological polar surface area (TPSA) is 40.5 Å². The molecule has 0 saturated carbocycles. The van der Waals surface area contributed by atoms with Gasteiger partial charge < -0.3 is 10.0 Å². The minimum atomic E-state index is -0.347. The van der Waals surface area contributed by atoms with E-state index in [4.69, 9.17) is 0 Å². The lowest BCUT2D eigenvalue weighted by Crippen LogP contribution is -2.44. The summed E-state index contributed by atoms with van der Waals surface area (Å²) in [6.07, 6.45) is 3.43. The highest BCUT2D eigenvalue weighted by molar-refractivity contribution is 5.96. The molecule has 2 fully saturated rings. The van der Waals surface area contributed by atoms with Crippen LogP contribution in [0.1, 0.15) is 40.7 Å². The summed E-state index contributed by atoms with van der Waals surface area (Å²) in [6.45, 7) is 1.72. The summed E-state index contributed by atoms with van der Waals surface area (Å²) < 4.78 is 13.9. The Morgan fingerprint density at radius 2 is 1.96 bits per heavy atom. The van der Waals surface area contributed by atoms with Gasteiger partial charge in [-0.25, -0.2) is 4.39 Å². The quantitative estimate of drug-likeness (QED) is 0.910. The van der Waals surface area contributed by atoms with Crippen molar-refractivity contribution in [2.45, 2.75) is 44.7 Å². The fraction of sp³-hybridized carbons (Fsp3) is 0.409. The van der Waals surface area contributed by atoms with Crippen molar-refractivity contribution in [1.29, 1.82) is 0 Å². The number of hydrogen-bond donors (Lipinski definition) is 1. The zero-order chi connectivity index (χ0) is 18.3. The molecule has 4 rings (SSSR count). The minimum absolute atomic E-state index is 0.00729. The van der Waals surface area contributed by atoms with Crippen molar-refractivity contribution in [1.82, 2.24) is 4.90 Å². The first-order valence-electron chi connectivity index (χ1n) is 9.28. The molecule has 2 aromatic carbocycles. The summed E-state index contributed by atoms with van der Waals surface area (Å²) in [5.41, 5.74) is 1.72. The van der Waals surface area contributed by atoms with E-state index >= 15 is 0 Å². The number of aliphatic hydroxyl groups excluding tert-OH is 1. The number of nitrogens with zero attached hydrogens (tertiary/aromatic N) is 1. The first kappa shape index (κ1) is 17.2. The van der Waals surface area contributed by atoms with Gasteiger partial charge in [-0.15, -0.1) is 0 Å². The third-order valence-electron chi connectivity index (χ3n) is 6.30. The normalized spacial score (nSPS) is 27.1. The van der Waals surface area contributed by atoms with Gasteiger partial charge in [0.1, 0.15) is 5.82 Å². The molecule has 26 heavy (non-hydrogen) atoms. The van der Waals surface area contributed by atoms with Gasteiger partial charge in [0.2, 0.25) is 0 Å². The fourth-order valence-electron chi connectivity index (χ4n) is 4.99. The highest BCUT2D eigenvalue weighted by atomic mass is 19.1. The van der Waals surface area contributed by atoms with Crippen LogP contribution in [0.25, 0.3) is 0 Å². The smallest absolute Gasteiger partial charge is 0.254 e. The van der Waals surface area contributed by atoms with Crippen LogP contribution in [0.4, 0.5) is 4.39 Å². The van der Waals surface area contributed by atoms with Gasteiger partial charge >= 0.3 is 0 Å². The number of carbonyl (C=O) groups excluding carboxylic acids is 1. The van der Waals surface area contributed by atoms with E-state index in [1.54, 1.807) is 19.1 Å². The predicted molar refractivity (Wildman–Crippen MR) is 98.4 cm³/mol. The summed E-state index contributed by atoms with van der Waals surface area (Å²) in [7, 11) is 0. The van der Waals surface area contributed by atoms with E-state index < -0.39 is 0 Å². The minimum Gasteiger partial charge on any atom is -0.396 e. The number of amides is 1. The van der Waals surface area contributed by atoms with Crippen molar-refractivity contribution >= 4 is 5.91 Å². The van der Waals surface area contributed by atoms with Crippen LogP contribution >= 0.6 is 0 Å². The molecule has 2 heterocycles. The van der Waals surface area contributed by atoms with E-state index in [2.05, 4.69) is 12.1 Å². The Kier molecular flexibility index (Phi) is 4.31. The highest BCUT2D eigenvalue weighted by Crippen LogP contribution is 2.51. The van der Waals surface area contributed by atoms with Crippen LogP contribution in [-0.4, -0.2) is 34.6 Å². The van der Waals surface area contributed by atoms with E-state index in [0.29, 0.717) is 11.1 Å². The number of fused-ring (bicyclic) bond motifs is 2. The second-order valence-corrected chi connectivity index (χ2v) is 7.76. The van der Waals surface area contributed by atoms with E-state index in [1.165, 1.54) is 11.6 Å². The van der Waals surface area contributed by atoms with Crippen molar-refractivity contribution in [3.05, 3.63) is 71.0 Å². The molecule has 2 aliphatic heterocycles. The predicted octanol–water partition coefficient (Wildman–Crippen LogP) is 3.73. The van der Waals surface area contributed by atoms with Gasteiger partial charge in [0.05, 0.1) is 6.61 Å². The molecule has 2 bridgehead atoms. The Morgan fingerprint density at radius 1 is 1.19 bits per heavy atom. The lowest BCUT2D eigenvalue weighted by Gasteiger charge is -2.36. The van der Waals surface area contributed by atoms with Gasteiger partial charge in [-0.1, -0.05) is 36.4 Å². The Hall–Kier alpha value is -2.20. The summed E-state index contributed by atoms with van der Waals surface area (Å²) in [6, 6.07) is 15.0. The maximum Gasteiger partial charge on any atom is 0.254 e. The average molecular weight is 353 g/mol. The standard InChI is InChI=1S/C22H24FNO2/c1-15-18(8-5-9-19(15)23)21(26)24-17-10-11-20(24)22(13-17,14-25)12-16-6-3-2-4-7-16/h2-9,17,20,25H,10-14H2,1H3/t17-,20+,22-/m0/s1. The van der Waals surface area contributed by atoms with Gasteiger partial charge in [0, 0.05) is 23.1 Å². The first-order valence-corrected chi connectivity index (χ1v) is 9.28. The van der Waals surface area contributed by atoms with Crippen molar-refractivity contribution in [3.63, 3.8) is 0 Å². The number of hydrogen-bond acceptors (Lipinski definition) is 2. The molecule has 2 saturated heterocycles. The van der Waals surface area contributed by atoms with Crippen molar-refractivity contribution in [2.75, 3.05) is 6.61 Å². The van der Waals surface area contributed by atoms with Gasteiger partial charge in [-0.3, -0.25) is 4.79 Å². The molecular formula is C22H24FNO2. The number of benzene rings is 2. The Bertz CT molecular complexity index is 822. The van der Waals surface area contributed by atoms with E-state index in [9.17, 15) is 14.3 Å². The van der Waals surface area contributed by atoms with Crippen molar-refractivity contribution < 1.29 is 14.3 Å². The second-order valence-electron chi connectivity index (χ2n) is 7.76. The lowest BCUT2D eigenvalue weighted by atomic mass is 9.70. The SMILES string of the molecule is Cc1c(F)cccc1C(=O)N1[C@H]2CC[C@@H]1[C@@](CO)(Cc1ccccc1)C2. The number of aliphatic hydroxyl groups is 1. The van der Waals surface area contributed by atoms with Crippen LogP contribution in [-0.2, 0) is 6.42 Å². The zero-order valence-corrected chi connectivity index (χ0v) is 15.0. The monoisotopic (exact) mass is 353 g/mol. The third-order valence-corrected chi connectivity index (χ3v) is 6.30. The van der Waals surface area contributed by atoms with E-state index in [0.717, 1.165) is 25.7 Å². The van der Waals surface area contributed by atoms with Crippen LogP contribution in [0, 0.1) is 18.2 Å². The second kappa shape index (κ2) is 6.51. The van der Waals surface area contributed by atoms with Crippen molar-refractivity contribution in [2.24, 2.45) is 5.41 Å². The molecule has 3 atom stereocenters. The molecule has 4 heteroatoms. The molecule has 1 N–H and O–H groups in total. The Balaban J connectivity index is 1.65. The largest absolute Gasteiger partial charge is 0.396 e. The molecular weight excluding hydrogens is 329 g/mol. The molecule has 3 nitrogen and oxygen atoms in total. The molecule has 136 valence electrons. The Labute approximate surface area is 153 Å². The van der Waals surface area contributed by atoms with Gasteiger partial charge in [-0.2, -0.15) is 0 Å². The van der Waals surface area contributed by atoms with Crippen LogP contribution in [0.2, 0.25) is 0 Å². The van der Waals surface area contributed by atoms with Gasteiger partial charge in [0.15, 0.2) is 0 Å². The average Bonchev–Trinajstić information content (AvgIpc) is 3.20.